The van der Waals surface area contributed by atoms with Crippen molar-refractivity contribution in [3.63, 3.8) is 0 Å². The highest BCUT2D eigenvalue weighted by atomic mass is 16.5. The third-order valence-electron chi connectivity index (χ3n) is 6.33. The van der Waals surface area contributed by atoms with Gasteiger partial charge in [0.05, 0.1) is 36.6 Å². The minimum absolute atomic E-state index is 0.112. The van der Waals surface area contributed by atoms with Crippen molar-refractivity contribution >= 4 is 5.97 Å². The molecule has 0 bridgehead atoms. The molecule has 9 heteroatoms. The summed E-state index contributed by atoms with van der Waals surface area (Å²) in [5.74, 6) is 6.15. The number of carbonyl (C=O) groups excluding carboxylic acids is 1. The van der Waals surface area contributed by atoms with Gasteiger partial charge in [-0.2, -0.15) is 0 Å². The van der Waals surface area contributed by atoms with E-state index in [2.05, 4.69) is 28.9 Å². The van der Waals surface area contributed by atoms with Crippen molar-refractivity contribution in [3.05, 3.63) is 70.3 Å². The van der Waals surface area contributed by atoms with Crippen LogP contribution in [0, 0.1) is 19.3 Å². The summed E-state index contributed by atoms with van der Waals surface area (Å²) in [6.45, 7) is 10.6. The van der Waals surface area contributed by atoms with Gasteiger partial charge in [0.15, 0.2) is 0 Å². The van der Waals surface area contributed by atoms with E-state index in [-0.39, 0.29) is 12.6 Å². The van der Waals surface area contributed by atoms with Crippen LogP contribution in [0.1, 0.15) is 48.0 Å². The number of fused-ring (bicyclic) bond motifs is 1. The van der Waals surface area contributed by atoms with Gasteiger partial charge in [0.2, 0.25) is 0 Å². The van der Waals surface area contributed by atoms with Crippen molar-refractivity contribution in [2.45, 2.75) is 46.9 Å². The number of esters is 1. The Balaban J connectivity index is 1.89. The molecule has 2 heterocycles. The molecule has 1 aliphatic rings. The molecule has 0 saturated heterocycles. The second kappa shape index (κ2) is 11.7. The minimum Gasteiger partial charge on any atom is -0.490 e. The summed E-state index contributed by atoms with van der Waals surface area (Å²) in [4.78, 5) is 19.7. The number of rotatable bonds is 9. The van der Waals surface area contributed by atoms with Gasteiger partial charge < -0.3 is 25.0 Å². The van der Waals surface area contributed by atoms with Gasteiger partial charge >= 0.3 is 5.97 Å². The van der Waals surface area contributed by atoms with E-state index >= 15 is 0 Å². The molecule has 1 aromatic heterocycles. The maximum atomic E-state index is 12.7. The lowest BCUT2D eigenvalue weighted by molar-refractivity contribution is -0.160. The third-order valence-corrected chi connectivity index (χ3v) is 6.33. The van der Waals surface area contributed by atoms with Crippen LogP contribution in [0.3, 0.4) is 0 Å². The number of methoxy groups -OCH3 is 1. The summed E-state index contributed by atoms with van der Waals surface area (Å²) in [5, 5.41) is 1.36. The number of benzene rings is 1. The van der Waals surface area contributed by atoms with Crippen molar-refractivity contribution in [2.75, 3.05) is 33.9 Å². The standard InChI is InChI=1S/C27H39N5O4/c1-18-7-9-20(25(27(3,4)26(33)34-6)36-17-22(28)15-31(5)29)13-21(18)14-32-11-12-35-24-10-8-19(2)30-23(24)16-32/h7-10,13,15,25H,11-12,14,16-17,28-29H2,1-6H3/b22-15-. The lowest BCUT2D eigenvalue weighted by Crippen LogP contribution is -2.35. The van der Waals surface area contributed by atoms with E-state index in [1.54, 1.807) is 13.2 Å². The van der Waals surface area contributed by atoms with Crippen molar-refractivity contribution in [1.82, 2.24) is 14.9 Å². The number of nitrogens with zero attached hydrogens (tertiary/aromatic N) is 3. The molecule has 36 heavy (non-hydrogen) atoms. The second-order valence-corrected chi connectivity index (χ2v) is 9.92. The van der Waals surface area contributed by atoms with Crippen LogP contribution in [0.4, 0.5) is 0 Å². The number of nitrogens with two attached hydrogens (primary N) is 2. The van der Waals surface area contributed by atoms with Gasteiger partial charge in [-0.25, -0.2) is 5.84 Å². The molecule has 1 atom stereocenters. The molecular formula is C27H39N5O4. The van der Waals surface area contributed by atoms with E-state index in [0.29, 0.717) is 25.4 Å². The second-order valence-electron chi connectivity index (χ2n) is 9.92. The first-order chi connectivity index (χ1) is 17.0. The molecule has 0 amide bonds. The number of hydrogen-bond donors (Lipinski definition) is 2. The van der Waals surface area contributed by atoms with Crippen LogP contribution in [0.5, 0.6) is 5.75 Å². The molecule has 0 fully saturated rings. The van der Waals surface area contributed by atoms with E-state index in [9.17, 15) is 4.79 Å². The van der Waals surface area contributed by atoms with Gasteiger partial charge in [-0.15, -0.1) is 0 Å². The summed E-state index contributed by atoms with van der Waals surface area (Å²) >= 11 is 0. The molecule has 1 aliphatic heterocycles. The Morgan fingerprint density at radius 1 is 1.31 bits per heavy atom. The molecule has 9 nitrogen and oxygen atoms in total. The monoisotopic (exact) mass is 497 g/mol. The quantitative estimate of drug-likeness (QED) is 0.306. The van der Waals surface area contributed by atoms with E-state index in [1.165, 1.54) is 12.1 Å². The molecule has 196 valence electrons. The molecule has 0 spiro atoms. The molecule has 4 N–H and O–H groups in total. The summed E-state index contributed by atoms with van der Waals surface area (Å²) in [6.07, 6.45) is 0.995. The zero-order valence-electron chi connectivity index (χ0n) is 22.2. The topological polar surface area (TPSA) is 116 Å². The van der Waals surface area contributed by atoms with E-state index in [1.807, 2.05) is 39.0 Å². The molecule has 3 rings (SSSR count). The summed E-state index contributed by atoms with van der Waals surface area (Å²) < 4.78 is 17.2. The molecule has 0 radical (unpaired) electrons. The van der Waals surface area contributed by atoms with Crippen LogP contribution in [0.2, 0.25) is 0 Å². The first kappa shape index (κ1) is 27.4. The van der Waals surface area contributed by atoms with Gasteiger partial charge in [-0.3, -0.25) is 14.7 Å². The predicted molar refractivity (Wildman–Crippen MR) is 138 cm³/mol. The van der Waals surface area contributed by atoms with Crippen molar-refractivity contribution in [3.8, 4) is 5.75 Å². The number of hydrogen-bond acceptors (Lipinski definition) is 9. The summed E-state index contributed by atoms with van der Waals surface area (Å²) in [6, 6.07) is 10.1. The van der Waals surface area contributed by atoms with Crippen LogP contribution >= 0.6 is 0 Å². The number of aromatic nitrogens is 1. The highest BCUT2D eigenvalue weighted by Gasteiger charge is 2.40. The zero-order chi connectivity index (χ0) is 26.5. The average Bonchev–Trinajstić information content (AvgIpc) is 3.01. The number of hydrazine groups is 1. The largest absolute Gasteiger partial charge is 0.490 e. The normalized spacial score (nSPS) is 15.5. The molecule has 1 aromatic carbocycles. The van der Waals surface area contributed by atoms with Crippen molar-refractivity contribution in [1.29, 1.82) is 0 Å². The van der Waals surface area contributed by atoms with Gasteiger partial charge in [-0.05, 0) is 56.5 Å². The van der Waals surface area contributed by atoms with Crippen molar-refractivity contribution < 1.29 is 19.0 Å². The summed E-state index contributed by atoms with van der Waals surface area (Å²) in [5.41, 5.74) is 10.7. The van der Waals surface area contributed by atoms with Gasteiger partial charge in [0.1, 0.15) is 12.4 Å². The van der Waals surface area contributed by atoms with E-state index in [4.69, 9.17) is 25.8 Å². The fourth-order valence-corrected chi connectivity index (χ4v) is 4.39. The Bertz CT molecular complexity index is 1100. The smallest absolute Gasteiger partial charge is 0.314 e. The lowest BCUT2D eigenvalue weighted by Gasteiger charge is -2.33. The Labute approximate surface area is 214 Å². The number of ether oxygens (including phenoxy) is 3. The molecule has 2 aromatic rings. The first-order valence-corrected chi connectivity index (χ1v) is 12.1. The molecule has 1 unspecified atom stereocenters. The highest BCUT2D eigenvalue weighted by molar-refractivity contribution is 5.77. The van der Waals surface area contributed by atoms with Gasteiger partial charge in [0.25, 0.3) is 0 Å². The van der Waals surface area contributed by atoms with E-state index in [0.717, 1.165) is 40.4 Å². The average molecular weight is 498 g/mol. The van der Waals surface area contributed by atoms with Crippen LogP contribution in [0.25, 0.3) is 0 Å². The SMILES string of the molecule is COC(=O)C(C)(C)C(OC/C(N)=C/N(C)N)c1ccc(C)c(CN2CCOc3ccc(C)nc3C2)c1. The predicted octanol–water partition coefficient (Wildman–Crippen LogP) is 2.96. The molecule has 0 saturated carbocycles. The lowest BCUT2D eigenvalue weighted by atomic mass is 9.81. The Morgan fingerprint density at radius 3 is 2.75 bits per heavy atom. The molecule has 0 aliphatic carbocycles. The maximum absolute atomic E-state index is 12.7. The van der Waals surface area contributed by atoms with Gasteiger partial charge in [-0.1, -0.05) is 18.2 Å². The fourth-order valence-electron chi connectivity index (χ4n) is 4.39. The fraction of sp³-hybridized carbons (Fsp3) is 0.481. The van der Waals surface area contributed by atoms with E-state index < -0.39 is 11.5 Å². The number of pyridine rings is 1. The minimum atomic E-state index is -0.951. The van der Waals surface area contributed by atoms with Gasteiger partial charge in [0, 0.05) is 38.6 Å². The Kier molecular flexibility index (Phi) is 8.94. The van der Waals surface area contributed by atoms with Crippen LogP contribution in [0.15, 0.2) is 42.2 Å². The maximum Gasteiger partial charge on any atom is 0.314 e. The Morgan fingerprint density at radius 2 is 2.06 bits per heavy atom. The van der Waals surface area contributed by atoms with Crippen LogP contribution in [-0.4, -0.2) is 54.8 Å². The zero-order valence-corrected chi connectivity index (χ0v) is 22.2. The molecular weight excluding hydrogens is 458 g/mol. The van der Waals surface area contributed by atoms with Crippen molar-refractivity contribution in [2.24, 2.45) is 17.0 Å². The number of carbonyl (C=O) groups is 1. The highest BCUT2D eigenvalue weighted by Crippen LogP contribution is 2.39. The number of aryl methyl sites for hydroxylation is 2. The van der Waals surface area contributed by atoms with Crippen LogP contribution in [-0.2, 0) is 27.4 Å². The Hall–Kier alpha value is -3.14. The van der Waals surface area contributed by atoms with Crippen LogP contribution < -0.4 is 16.3 Å². The first-order valence-electron chi connectivity index (χ1n) is 12.1. The third kappa shape index (κ3) is 6.75. The summed E-state index contributed by atoms with van der Waals surface area (Å²) in [7, 11) is 3.06.